The third-order valence-corrected chi connectivity index (χ3v) is 3.63. The van der Waals surface area contributed by atoms with Gasteiger partial charge >= 0.3 is 0 Å². The van der Waals surface area contributed by atoms with Crippen molar-refractivity contribution in [3.63, 3.8) is 0 Å². The molecule has 0 aromatic heterocycles. The Morgan fingerprint density at radius 2 is 1.38 bits per heavy atom. The van der Waals surface area contributed by atoms with E-state index >= 15 is 0 Å². The Labute approximate surface area is 117 Å². The number of fused-ring (bicyclic) bond motifs is 2. The lowest BCUT2D eigenvalue weighted by Crippen LogP contribution is -2.14. The first kappa shape index (κ1) is 11.9. The van der Waals surface area contributed by atoms with E-state index in [9.17, 15) is 9.59 Å². The van der Waals surface area contributed by atoms with Crippen LogP contribution in [-0.2, 0) is 0 Å². The zero-order valence-corrected chi connectivity index (χ0v) is 11.2. The van der Waals surface area contributed by atoms with Crippen molar-refractivity contribution in [1.82, 2.24) is 0 Å². The molecule has 21 heavy (non-hydrogen) atoms. The molecule has 0 N–H and O–H groups in total. The fourth-order valence-corrected chi connectivity index (χ4v) is 2.56. The quantitative estimate of drug-likeness (QED) is 0.496. The van der Waals surface area contributed by atoms with Gasteiger partial charge in [-0.15, -0.1) is 0 Å². The molecule has 1 heterocycles. The van der Waals surface area contributed by atoms with Crippen LogP contribution in [-0.4, -0.2) is 0 Å². The lowest BCUT2D eigenvalue weighted by atomic mass is 10.1. The van der Waals surface area contributed by atoms with E-state index in [0.29, 0.717) is 21.9 Å². The van der Waals surface area contributed by atoms with Crippen molar-refractivity contribution in [3.8, 4) is 0 Å². The number of benzene rings is 2. The van der Waals surface area contributed by atoms with E-state index in [4.69, 9.17) is 8.83 Å². The minimum Gasteiger partial charge on any atom is -0.445 e. The predicted octanol–water partition coefficient (Wildman–Crippen LogP) is 2.93. The summed E-state index contributed by atoms with van der Waals surface area (Å²) in [6.45, 7) is 1.86. The summed E-state index contributed by atoms with van der Waals surface area (Å²) in [7, 11) is 0. The maximum Gasteiger partial charge on any atom is 0.233 e. The molecular formula is C17H10O4. The number of para-hydroxylation sites is 1. The summed E-state index contributed by atoms with van der Waals surface area (Å²) in [6.07, 6.45) is 0. The highest BCUT2D eigenvalue weighted by atomic mass is 16.4. The van der Waals surface area contributed by atoms with Gasteiger partial charge in [-0.1, -0.05) is 36.4 Å². The van der Waals surface area contributed by atoms with E-state index in [2.05, 4.69) is 0 Å². The van der Waals surface area contributed by atoms with Crippen LogP contribution in [0.3, 0.4) is 0 Å². The van der Waals surface area contributed by atoms with Crippen molar-refractivity contribution in [2.75, 3.05) is 0 Å². The molecule has 4 heteroatoms. The average Bonchev–Trinajstić information content (AvgIpc) is 2.52. The summed E-state index contributed by atoms with van der Waals surface area (Å²) in [5, 5.41) is 0.697. The standard InChI is InChI=1S/C17H10O4/c1-9-5-4-8-12-15(9)21-17-14(19)11-7-3-2-6-10(11)13(18)16(17)20-12/h2-8H,1H3. The van der Waals surface area contributed by atoms with Crippen LogP contribution < -0.4 is 10.9 Å². The SMILES string of the molecule is Cc1cccc2oc3c(=O)c4ccccc4c(=O)c=3oc12. The average molecular weight is 278 g/mol. The molecule has 4 rings (SSSR count). The summed E-state index contributed by atoms with van der Waals surface area (Å²) < 4.78 is 11.3. The maximum absolute atomic E-state index is 12.5. The number of hydrogen-bond donors (Lipinski definition) is 0. The normalized spacial score (nSPS) is 11.5. The van der Waals surface area contributed by atoms with Crippen molar-refractivity contribution < 1.29 is 8.83 Å². The Balaban J connectivity index is 2.44. The molecule has 102 valence electrons. The summed E-state index contributed by atoms with van der Waals surface area (Å²) >= 11 is 0. The van der Waals surface area contributed by atoms with Crippen molar-refractivity contribution in [2.45, 2.75) is 6.92 Å². The molecule has 0 saturated carbocycles. The lowest BCUT2D eigenvalue weighted by Gasteiger charge is -2.02. The third kappa shape index (κ3) is 1.56. The highest BCUT2D eigenvalue weighted by Crippen LogP contribution is 2.18. The first-order valence-corrected chi connectivity index (χ1v) is 6.55. The Hall–Kier alpha value is -2.88. The van der Waals surface area contributed by atoms with Crippen molar-refractivity contribution >= 4 is 21.9 Å². The molecule has 0 spiro atoms. The van der Waals surface area contributed by atoms with Crippen LogP contribution in [0, 0.1) is 17.8 Å². The minimum atomic E-state index is -0.327. The van der Waals surface area contributed by atoms with Gasteiger partial charge in [-0.3, -0.25) is 9.59 Å². The first-order chi connectivity index (χ1) is 10.2. The summed E-state index contributed by atoms with van der Waals surface area (Å²) in [5.41, 5.74) is 1.07. The molecule has 2 aromatic carbocycles. The molecule has 0 bridgehead atoms. The highest BCUT2D eigenvalue weighted by molar-refractivity contribution is 5.82. The van der Waals surface area contributed by atoms with Gasteiger partial charge in [0.25, 0.3) is 0 Å². The number of aryl methyl sites for hydroxylation is 1. The molecule has 0 amide bonds. The van der Waals surface area contributed by atoms with Crippen LogP contribution in [0.2, 0.25) is 0 Å². The largest absolute Gasteiger partial charge is 0.445 e. The third-order valence-electron chi connectivity index (χ3n) is 3.63. The fraction of sp³-hybridized carbons (Fsp3) is 0.0588. The molecule has 0 atom stereocenters. The van der Waals surface area contributed by atoms with Crippen molar-refractivity contribution in [2.24, 2.45) is 0 Å². The molecule has 1 aliphatic carbocycles. The highest BCUT2D eigenvalue weighted by Gasteiger charge is 2.13. The molecule has 0 saturated heterocycles. The molecule has 2 aliphatic rings. The topological polar surface area (TPSA) is 60.4 Å². The Bertz CT molecular complexity index is 1180. The monoisotopic (exact) mass is 278 g/mol. The Morgan fingerprint density at radius 1 is 0.762 bits per heavy atom. The smallest absolute Gasteiger partial charge is 0.233 e. The predicted molar refractivity (Wildman–Crippen MR) is 78.6 cm³/mol. The second kappa shape index (κ2) is 4.06. The van der Waals surface area contributed by atoms with Gasteiger partial charge in [-0.25, -0.2) is 0 Å². The zero-order chi connectivity index (χ0) is 14.6. The van der Waals surface area contributed by atoms with Gasteiger partial charge in [0.05, 0.1) is 0 Å². The number of rotatable bonds is 0. The van der Waals surface area contributed by atoms with Gasteiger partial charge in [0.15, 0.2) is 11.2 Å². The van der Waals surface area contributed by atoms with Crippen LogP contribution in [0.5, 0.6) is 0 Å². The van der Waals surface area contributed by atoms with Gasteiger partial charge in [0, 0.05) is 10.8 Å². The first-order valence-electron chi connectivity index (χ1n) is 6.55. The summed E-state index contributed by atoms with van der Waals surface area (Å²) in [4.78, 5) is 25.0. The van der Waals surface area contributed by atoms with Crippen molar-refractivity contribution in [1.29, 1.82) is 0 Å². The van der Waals surface area contributed by atoms with E-state index in [-0.39, 0.29) is 21.7 Å². The molecular weight excluding hydrogens is 268 g/mol. The van der Waals surface area contributed by atoms with Gasteiger partial charge in [-0.05, 0) is 18.6 Å². The molecule has 0 radical (unpaired) electrons. The van der Waals surface area contributed by atoms with E-state index < -0.39 is 0 Å². The molecule has 1 aliphatic heterocycles. The van der Waals surface area contributed by atoms with Crippen LogP contribution in [0.4, 0.5) is 0 Å². The zero-order valence-electron chi connectivity index (χ0n) is 11.2. The van der Waals surface area contributed by atoms with Crippen LogP contribution in [0.15, 0.2) is 60.9 Å². The van der Waals surface area contributed by atoms with Gasteiger partial charge in [-0.2, -0.15) is 0 Å². The number of hydrogen-bond acceptors (Lipinski definition) is 4. The van der Waals surface area contributed by atoms with E-state index in [1.807, 2.05) is 19.1 Å². The van der Waals surface area contributed by atoms with Crippen LogP contribution in [0.1, 0.15) is 5.56 Å². The fourth-order valence-electron chi connectivity index (χ4n) is 2.56. The Morgan fingerprint density at radius 3 is 2.05 bits per heavy atom. The van der Waals surface area contributed by atoms with E-state index in [1.54, 1.807) is 30.3 Å². The molecule has 4 nitrogen and oxygen atoms in total. The summed E-state index contributed by atoms with van der Waals surface area (Å²) in [5.74, 6) is 0. The van der Waals surface area contributed by atoms with Crippen LogP contribution >= 0.6 is 0 Å². The van der Waals surface area contributed by atoms with E-state index in [0.717, 1.165) is 5.56 Å². The van der Waals surface area contributed by atoms with E-state index in [1.165, 1.54) is 0 Å². The van der Waals surface area contributed by atoms with Crippen molar-refractivity contribution in [3.05, 3.63) is 79.3 Å². The molecule has 0 fully saturated rings. The van der Waals surface area contributed by atoms with Gasteiger partial charge < -0.3 is 8.83 Å². The molecule has 0 unspecified atom stereocenters. The maximum atomic E-state index is 12.5. The lowest BCUT2D eigenvalue weighted by molar-refractivity contribution is 0.465. The van der Waals surface area contributed by atoms with Crippen LogP contribution in [0.25, 0.3) is 21.9 Å². The van der Waals surface area contributed by atoms with Gasteiger partial charge in [0.1, 0.15) is 0 Å². The molecule has 2 aromatic rings. The van der Waals surface area contributed by atoms with Gasteiger partial charge in [0.2, 0.25) is 21.7 Å². The Kier molecular flexibility index (Phi) is 2.30. The summed E-state index contributed by atoms with van der Waals surface area (Å²) in [6, 6.07) is 12.1. The second-order valence-electron chi connectivity index (χ2n) is 4.97. The second-order valence-corrected chi connectivity index (χ2v) is 4.97. The minimum absolute atomic E-state index is 0.0273.